The van der Waals surface area contributed by atoms with Crippen LogP contribution in [-0.2, 0) is 0 Å². The van der Waals surface area contributed by atoms with E-state index in [9.17, 15) is 4.79 Å². The molecule has 0 radical (unpaired) electrons. The molecule has 0 spiro atoms. The largest absolute Gasteiger partial charge is 0.497 e. The zero-order chi connectivity index (χ0) is 18.8. The van der Waals surface area contributed by atoms with Gasteiger partial charge in [0.1, 0.15) is 17.2 Å². The molecule has 2 N–H and O–H groups in total. The molecule has 0 aliphatic heterocycles. The van der Waals surface area contributed by atoms with Gasteiger partial charge in [-0.2, -0.15) is 5.10 Å². The number of nitrogens with one attached hydrogen (secondary N) is 2. The first-order valence-corrected chi connectivity index (χ1v) is 8.88. The summed E-state index contributed by atoms with van der Waals surface area (Å²) < 4.78 is 10.6. The van der Waals surface area contributed by atoms with Crippen molar-refractivity contribution in [2.75, 3.05) is 19.5 Å². The fourth-order valence-corrected chi connectivity index (χ4v) is 3.12. The summed E-state index contributed by atoms with van der Waals surface area (Å²) in [6.07, 6.45) is 2.20. The summed E-state index contributed by atoms with van der Waals surface area (Å²) in [5, 5.41) is 10.6. The van der Waals surface area contributed by atoms with Gasteiger partial charge < -0.3 is 14.8 Å². The molecule has 138 valence electrons. The van der Waals surface area contributed by atoms with Crippen molar-refractivity contribution in [3.63, 3.8) is 0 Å². The minimum Gasteiger partial charge on any atom is -0.497 e. The van der Waals surface area contributed by atoms with Crippen LogP contribution in [-0.4, -0.2) is 30.3 Å². The van der Waals surface area contributed by atoms with Gasteiger partial charge in [0.25, 0.3) is 5.91 Å². The minimum atomic E-state index is -0.241. The van der Waals surface area contributed by atoms with Crippen molar-refractivity contribution in [1.82, 2.24) is 10.2 Å². The molecule has 0 unspecified atom stereocenters. The van der Waals surface area contributed by atoms with Gasteiger partial charge in [-0.1, -0.05) is 30.3 Å². The smallest absolute Gasteiger partial charge is 0.259 e. The van der Waals surface area contributed by atoms with Crippen LogP contribution < -0.4 is 14.8 Å². The molecule has 1 heterocycles. The molecule has 6 heteroatoms. The van der Waals surface area contributed by atoms with E-state index in [1.165, 1.54) is 7.11 Å². The predicted molar refractivity (Wildman–Crippen MR) is 103 cm³/mol. The van der Waals surface area contributed by atoms with Crippen LogP contribution in [0.15, 0.2) is 48.5 Å². The van der Waals surface area contributed by atoms with E-state index < -0.39 is 0 Å². The number of rotatable bonds is 6. The average molecular weight is 363 g/mol. The molecule has 1 fully saturated rings. The molecule has 1 saturated carbocycles. The van der Waals surface area contributed by atoms with Crippen LogP contribution in [0.2, 0.25) is 0 Å². The van der Waals surface area contributed by atoms with Crippen LogP contribution in [0.5, 0.6) is 11.5 Å². The molecular formula is C21H21N3O3. The zero-order valence-electron chi connectivity index (χ0n) is 15.3. The molecule has 0 atom stereocenters. The Balaban J connectivity index is 1.70. The van der Waals surface area contributed by atoms with Crippen LogP contribution in [0.25, 0.3) is 11.3 Å². The normalized spacial score (nSPS) is 13.3. The number of methoxy groups -OCH3 is 2. The van der Waals surface area contributed by atoms with E-state index in [0.717, 1.165) is 35.5 Å². The second kappa shape index (κ2) is 7.15. The summed E-state index contributed by atoms with van der Waals surface area (Å²) in [6.45, 7) is 0. The fraction of sp³-hybridized carbons (Fsp3) is 0.238. The number of aromatic amines is 1. The fourth-order valence-electron chi connectivity index (χ4n) is 3.12. The topological polar surface area (TPSA) is 76.2 Å². The number of ether oxygens (including phenoxy) is 2. The average Bonchev–Trinajstić information content (AvgIpc) is 3.48. The molecule has 1 amide bonds. The zero-order valence-corrected chi connectivity index (χ0v) is 15.3. The van der Waals surface area contributed by atoms with E-state index >= 15 is 0 Å². The van der Waals surface area contributed by atoms with Crippen molar-refractivity contribution in [3.8, 4) is 22.8 Å². The Bertz CT molecular complexity index is 962. The number of nitrogens with zero attached hydrogens (tertiary/aromatic N) is 1. The lowest BCUT2D eigenvalue weighted by Gasteiger charge is -2.12. The molecule has 1 aromatic heterocycles. The molecule has 0 saturated heterocycles. The van der Waals surface area contributed by atoms with E-state index in [-0.39, 0.29) is 5.91 Å². The Hall–Kier alpha value is -3.28. The van der Waals surface area contributed by atoms with Crippen LogP contribution in [0, 0.1) is 0 Å². The highest BCUT2D eigenvalue weighted by molar-refractivity contribution is 6.08. The quantitative estimate of drug-likeness (QED) is 0.687. The standard InChI is InChI=1S/C21H21N3O3/c1-26-15-10-11-16(17(12-15)27-2)21(25)22-20-18(13-6-4-3-5-7-13)23-24-19(20)14-8-9-14/h3-7,10-12,14H,8-9H2,1-2H3,(H,22,25)(H,23,24). The Labute approximate surface area is 157 Å². The summed E-state index contributed by atoms with van der Waals surface area (Å²) in [7, 11) is 3.11. The SMILES string of the molecule is COc1ccc(C(=O)Nc2c(-c3ccccc3)n[nH]c2C2CC2)c(OC)c1. The van der Waals surface area contributed by atoms with Gasteiger partial charge in [0.05, 0.1) is 31.2 Å². The van der Waals surface area contributed by atoms with Crippen LogP contribution in [0.3, 0.4) is 0 Å². The van der Waals surface area contributed by atoms with Gasteiger partial charge >= 0.3 is 0 Å². The molecule has 1 aliphatic carbocycles. The first-order chi connectivity index (χ1) is 13.2. The third-order valence-corrected chi connectivity index (χ3v) is 4.72. The molecular weight excluding hydrogens is 342 g/mol. The monoisotopic (exact) mass is 363 g/mol. The van der Waals surface area contributed by atoms with Crippen molar-refractivity contribution < 1.29 is 14.3 Å². The number of anilines is 1. The number of H-pyrrole nitrogens is 1. The van der Waals surface area contributed by atoms with Crippen molar-refractivity contribution in [2.24, 2.45) is 0 Å². The molecule has 2 aromatic carbocycles. The highest BCUT2D eigenvalue weighted by Gasteiger charge is 2.31. The highest BCUT2D eigenvalue weighted by Crippen LogP contribution is 2.45. The second-order valence-electron chi connectivity index (χ2n) is 6.52. The van der Waals surface area contributed by atoms with Gasteiger partial charge in [-0.05, 0) is 25.0 Å². The second-order valence-corrected chi connectivity index (χ2v) is 6.52. The maximum absolute atomic E-state index is 13.0. The minimum absolute atomic E-state index is 0.241. The maximum Gasteiger partial charge on any atom is 0.259 e. The first kappa shape index (κ1) is 17.1. The van der Waals surface area contributed by atoms with Gasteiger partial charge in [0.2, 0.25) is 0 Å². The number of amides is 1. The lowest BCUT2D eigenvalue weighted by atomic mass is 10.1. The number of carbonyl (C=O) groups excluding carboxylic acids is 1. The number of hydrogen-bond acceptors (Lipinski definition) is 4. The highest BCUT2D eigenvalue weighted by atomic mass is 16.5. The maximum atomic E-state index is 13.0. The summed E-state index contributed by atoms with van der Waals surface area (Å²) in [4.78, 5) is 13.0. The summed E-state index contributed by atoms with van der Waals surface area (Å²) >= 11 is 0. The van der Waals surface area contributed by atoms with Crippen molar-refractivity contribution in [3.05, 3.63) is 59.8 Å². The van der Waals surface area contributed by atoms with E-state index in [1.807, 2.05) is 30.3 Å². The lowest BCUT2D eigenvalue weighted by molar-refractivity contribution is 0.102. The molecule has 27 heavy (non-hydrogen) atoms. The van der Waals surface area contributed by atoms with Crippen molar-refractivity contribution >= 4 is 11.6 Å². The predicted octanol–water partition coefficient (Wildman–Crippen LogP) is 4.22. The number of benzene rings is 2. The van der Waals surface area contributed by atoms with Gasteiger partial charge in [0.15, 0.2) is 0 Å². The van der Waals surface area contributed by atoms with Crippen LogP contribution in [0.4, 0.5) is 5.69 Å². The Morgan fingerprint density at radius 2 is 1.89 bits per heavy atom. The third kappa shape index (κ3) is 3.38. The molecule has 0 bridgehead atoms. The lowest BCUT2D eigenvalue weighted by Crippen LogP contribution is -2.14. The van der Waals surface area contributed by atoms with E-state index in [4.69, 9.17) is 9.47 Å². The van der Waals surface area contributed by atoms with Crippen LogP contribution >= 0.6 is 0 Å². The number of hydrogen-bond donors (Lipinski definition) is 2. The Kier molecular flexibility index (Phi) is 4.54. The van der Waals surface area contributed by atoms with Gasteiger partial charge in [-0.3, -0.25) is 9.89 Å². The van der Waals surface area contributed by atoms with E-state index in [2.05, 4.69) is 15.5 Å². The summed E-state index contributed by atoms with van der Waals surface area (Å²) in [5.74, 6) is 1.28. The van der Waals surface area contributed by atoms with Crippen molar-refractivity contribution in [2.45, 2.75) is 18.8 Å². The molecule has 4 rings (SSSR count). The van der Waals surface area contributed by atoms with Crippen LogP contribution in [0.1, 0.15) is 34.8 Å². The van der Waals surface area contributed by atoms with Gasteiger partial charge in [-0.25, -0.2) is 0 Å². The Morgan fingerprint density at radius 1 is 1.11 bits per heavy atom. The third-order valence-electron chi connectivity index (χ3n) is 4.72. The van der Waals surface area contributed by atoms with E-state index in [1.54, 1.807) is 25.3 Å². The first-order valence-electron chi connectivity index (χ1n) is 8.88. The Morgan fingerprint density at radius 3 is 2.56 bits per heavy atom. The number of carbonyl (C=O) groups is 1. The van der Waals surface area contributed by atoms with Crippen molar-refractivity contribution in [1.29, 1.82) is 0 Å². The summed E-state index contributed by atoms with van der Waals surface area (Å²) in [6, 6.07) is 15.0. The van der Waals surface area contributed by atoms with Gasteiger partial charge in [-0.15, -0.1) is 0 Å². The number of aromatic nitrogens is 2. The van der Waals surface area contributed by atoms with E-state index in [0.29, 0.717) is 23.0 Å². The van der Waals surface area contributed by atoms with Gasteiger partial charge in [0, 0.05) is 17.5 Å². The molecule has 1 aliphatic rings. The summed E-state index contributed by atoms with van der Waals surface area (Å²) in [5.41, 5.74) is 3.87. The molecule has 6 nitrogen and oxygen atoms in total. The molecule has 3 aromatic rings.